The maximum atomic E-state index is 9.58. The molecule has 2 aromatic rings. The third kappa shape index (κ3) is 6.44. The van der Waals surface area contributed by atoms with Gasteiger partial charge in [0.15, 0.2) is 0 Å². The van der Waals surface area contributed by atoms with Gasteiger partial charge in [0, 0.05) is 11.1 Å². The molecule has 2 aromatic carbocycles. The third-order valence-corrected chi connectivity index (χ3v) is 7.53. The van der Waals surface area contributed by atoms with Crippen molar-refractivity contribution in [3.05, 3.63) is 110 Å². The molecular weight excluding hydrogens is 508 g/mol. The molecule has 0 aromatic heterocycles. The molecule has 0 atom stereocenters. The number of benzene rings is 2. The minimum atomic E-state index is 0. The van der Waals surface area contributed by atoms with Crippen LogP contribution in [-0.2, 0) is 26.2 Å². The molecule has 3 heteroatoms. The van der Waals surface area contributed by atoms with E-state index in [1.54, 1.807) is 71.9 Å². The number of hydrogen-bond acceptors (Lipinski definition) is 2. The van der Waals surface area contributed by atoms with Crippen LogP contribution in [0.3, 0.4) is 0 Å². The number of phenols is 2. The van der Waals surface area contributed by atoms with Crippen LogP contribution in [0, 0.1) is 61.2 Å². The van der Waals surface area contributed by atoms with Crippen molar-refractivity contribution in [1.29, 1.82) is 0 Å². The van der Waals surface area contributed by atoms with E-state index in [2.05, 4.69) is 25.7 Å². The first-order valence-electron chi connectivity index (χ1n) is 12.8. The number of aromatic hydroxyl groups is 2. The van der Waals surface area contributed by atoms with Gasteiger partial charge in [0.1, 0.15) is 11.5 Å². The molecule has 0 saturated heterocycles. The molecule has 0 aliphatic heterocycles. The van der Waals surface area contributed by atoms with Crippen molar-refractivity contribution in [3.8, 4) is 22.6 Å². The second-order valence-corrected chi connectivity index (χ2v) is 9.67. The van der Waals surface area contributed by atoms with Gasteiger partial charge in [-0.05, 0) is 112 Å². The van der Waals surface area contributed by atoms with E-state index >= 15 is 0 Å². The van der Waals surface area contributed by atoms with Crippen molar-refractivity contribution >= 4 is 0 Å². The van der Waals surface area contributed by atoms with Crippen molar-refractivity contribution in [2.75, 3.05) is 0 Å². The normalized spacial score (nSPS) is 22.2. The summed E-state index contributed by atoms with van der Waals surface area (Å²) in [7, 11) is 0. The second kappa shape index (κ2) is 12.9. The first-order valence-corrected chi connectivity index (χ1v) is 12.8. The zero-order chi connectivity index (χ0) is 23.3. The van der Waals surface area contributed by atoms with Crippen LogP contribution >= 0.6 is 0 Å². The molecule has 10 radical (unpaired) electrons. The SMILES string of the molecule is Oc1ccccc1-c1ccccc1O.[CH]1[CH][C](CC[C]2[CH][CH][C]3CCCC[C]32)[C]2CCCC[C]12.[Zr+2]. The van der Waals surface area contributed by atoms with E-state index in [0.29, 0.717) is 11.1 Å². The van der Waals surface area contributed by atoms with Gasteiger partial charge >= 0.3 is 26.2 Å². The number of hydrogen-bond donors (Lipinski definition) is 2. The van der Waals surface area contributed by atoms with Crippen LogP contribution in [0.5, 0.6) is 11.5 Å². The summed E-state index contributed by atoms with van der Waals surface area (Å²) in [4.78, 5) is 0. The summed E-state index contributed by atoms with van der Waals surface area (Å²) in [6, 6.07) is 13.9. The number of rotatable bonds is 4. The molecular formula is C32H34O2Zr+2. The molecule has 4 fully saturated rings. The van der Waals surface area contributed by atoms with E-state index in [1.807, 2.05) is 12.1 Å². The monoisotopic (exact) mass is 540 g/mol. The molecule has 2 N–H and O–H groups in total. The van der Waals surface area contributed by atoms with Gasteiger partial charge in [-0.3, -0.25) is 0 Å². The summed E-state index contributed by atoms with van der Waals surface area (Å²) in [5.41, 5.74) is 1.29. The Morgan fingerprint density at radius 1 is 0.514 bits per heavy atom. The predicted molar refractivity (Wildman–Crippen MR) is 138 cm³/mol. The summed E-state index contributed by atoms with van der Waals surface area (Å²) >= 11 is 0. The first-order chi connectivity index (χ1) is 16.7. The Bertz CT molecular complexity index is 852. The smallest absolute Gasteiger partial charge is 0.507 e. The largest absolute Gasteiger partial charge is 2.00 e. The molecule has 6 rings (SSSR count). The molecule has 4 saturated carbocycles. The van der Waals surface area contributed by atoms with E-state index in [4.69, 9.17) is 0 Å². The molecule has 4 aliphatic rings. The fourth-order valence-electron chi connectivity index (χ4n) is 5.70. The second-order valence-electron chi connectivity index (χ2n) is 9.67. The fraction of sp³-hybridized carbons (Fsp3) is 0.312. The Balaban J connectivity index is 0.000000171. The van der Waals surface area contributed by atoms with Gasteiger partial charge in [0.25, 0.3) is 0 Å². The standard InChI is InChI=1S/C20H24.C12H10O2.Zr/c1-3-7-19-15(5-1)9-11-17(19)13-14-18-12-10-16-6-2-4-8-20(16)18;13-11-7-3-1-5-9(11)10-6-2-4-8-12(10)14;/h9-12H,1-8,13-14H2;1-8,13-14H;/q;;+2. The van der Waals surface area contributed by atoms with Crippen LogP contribution in [0.1, 0.15) is 64.2 Å². The Kier molecular flexibility index (Phi) is 9.97. The average molecular weight is 542 g/mol. The molecule has 35 heavy (non-hydrogen) atoms. The van der Waals surface area contributed by atoms with Crippen LogP contribution in [0.25, 0.3) is 11.1 Å². The van der Waals surface area contributed by atoms with E-state index in [1.165, 1.54) is 64.2 Å². The molecule has 4 aliphatic carbocycles. The topological polar surface area (TPSA) is 40.5 Å². The molecule has 0 amide bonds. The van der Waals surface area contributed by atoms with Gasteiger partial charge in [-0.2, -0.15) is 0 Å². The molecule has 0 bridgehead atoms. The van der Waals surface area contributed by atoms with Crippen molar-refractivity contribution in [2.24, 2.45) is 0 Å². The van der Waals surface area contributed by atoms with Crippen molar-refractivity contribution < 1.29 is 36.4 Å². The van der Waals surface area contributed by atoms with Crippen LogP contribution in [0.2, 0.25) is 0 Å². The Labute approximate surface area is 232 Å². The quantitative estimate of drug-likeness (QED) is 0.412. The summed E-state index contributed by atoms with van der Waals surface area (Å²) in [6.45, 7) is 0. The third-order valence-electron chi connectivity index (χ3n) is 7.53. The zero-order valence-corrected chi connectivity index (χ0v) is 22.9. The Hall–Kier alpha value is -1.08. The number of fused-ring (bicyclic) bond motifs is 2. The molecule has 0 unspecified atom stereocenters. The minimum Gasteiger partial charge on any atom is -0.507 e. The maximum absolute atomic E-state index is 9.58. The molecule has 176 valence electrons. The van der Waals surface area contributed by atoms with Gasteiger partial charge in [-0.15, -0.1) is 0 Å². The molecule has 2 nitrogen and oxygen atoms in total. The van der Waals surface area contributed by atoms with Crippen molar-refractivity contribution in [2.45, 2.75) is 64.2 Å². The van der Waals surface area contributed by atoms with E-state index in [0.717, 1.165) is 0 Å². The summed E-state index contributed by atoms with van der Waals surface area (Å²) in [6.07, 6.45) is 23.0. The van der Waals surface area contributed by atoms with Gasteiger partial charge < -0.3 is 10.2 Å². The predicted octanol–water partition coefficient (Wildman–Crippen LogP) is 7.97. The van der Waals surface area contributed by atoms with Crippen LogP contribution < -0.4 is 0 Å². The van der Waals surface area contributed by atoms with Crippen molar-refractivity contribution in [1.82, 2.24) is 0 Å². The summed E-state index contributed by atoms with van der Waals surface area (Å²) in [5.74, 6) is 10.3. The van der Waals surface area contributed by atoms with Crippen LogP contribution in [0.4, 0.5) is 0 Å². The maximum Gasteiger partial charge on any atom is 2.00 e. The minimum absolute atomic E-state index is 0. The Morgan fingerprint density at radius 2 is 0.914 bits per heavy atom. The van der Waals surface area contributed by atoms with Crippen molar-refractivity contribution in [3.63, 3.8) is 0 Å². The summed E-state index contributed by atoms with van der Waals surface area (Å²) in [5, 5.41) is 19.2. The van der Waals surface area contributed by atoms with E-state index in [-0.39, 0.29) is 37.7 Å². The summed E-state index contributed by atoms with van der Waals surface area (Å²) < 4.78 is 0. The number of phenolic OH excluding ortho intramolecular Hbond substituents is 2. The molecule has 0 heterocycles. The van der Waals surface area contributed by atoms with Crippen LogP contribution in [-0.4, -0.2) is 10.2 Å². The average Bonchev–Trinajstić information content (AvgIpc) is 3.48. The Morgan fingerprint density at radius 3 is 1.34 bits per heavy atom. The number of para-hydroxylation sites is 2. The van der Waals surface area contributed by atoms with E-state index in [9.17, 15) is 10.2 Å². The zero-order valence-electron chi connectivity index (χ0n) is 20.4. The fourth-order valence-corrected chi connectivity index (χ4v) is 5.70. The van der Waals surface area contributed by atoms with Gasteiger partial charge in [-0.1, -0.05) is 62.1 Å². The van der Waals surface area contributed by atoms with E-state index < -0.39 is 0 Å². The van der Waals surface area contributed by atoms with Gasteiger partial charge in [0.05, 0.1) is 0 Å². The van der Waals surface area contributed by atoms with Crippen LogP contribution in [0.15, 0.2) is 48.5 Å². The van der Waals surface area contributed by atoms with Gasteiger partial charge in [-0.25, -0.2) is 0 Å². The first kappa shape index (κ1) is 27.0. The molecule has 0 spiro atoms. The van der Waals surface area contributed by atoms with Gasteiger partial charge in [0.2, 0.25) is 0 Å².